The molecule has 2 unspecified atom stereocenters. The Morgan fingerprint density at radius 3 is 0.919 bits per heavy atom. The summed E-state index contributed by atoms with van der Waals surface area (Å²) in [6.07, 6.45) is 32.8. The normalized spacial score (nSPS) is 15.1. The lowest BCUT2D eigenvalue weighted by Gasteiger charge is -2.21. The van der Waals surface area contributed by atoms with Crippen molar-refractivity contribution in [3.63, 3.8) is 0 Å². The van der Waals surface area contributed by atoms with Gasteiger partial charge < -0.3 is 4.89 Å². The second-order valence-electron chi connectivity index (χ2n) is 11.7. The van der Waals surface area contributed by atoms with Gasteiger partial charge in [0.1, 0.15) is 0 Å². The van der Waals surface area contributed by atoms with Gasteiger partial charge in [0.2, 0.25) is 0 Å². The van der Waals surface area contributed by atoms with Gasteiger partial charge >= 0.3 is 7.82 Å². The molecule has 0 saturated heterocycles. The zero-order valence-electron chi connectivity index (χ0n) is 25.7. The maximum atomic E-state index is 12.4. The highest BCUT2D eigenvalue weighted by Crippen LogP contribution is 2.47. The fourth-order valence-corrected chi connectivity index (χ4v) is 6.30. The third-order valence-electron chi connectivity index (χ3n) is 7.55. The minimum atomic E-state index is -3.97. The number of hydrogen-bond donors (Lipinski definition) is 1. The van der Waals surface area contributed by atoms with Gasteiger partial charge in [0, 0.05) is 0 Å². The predicted octanol–water partition coefficient (Wildman–Crippen LogP) is 12.1. The van der Waals surface area contributed by atoms with E-state index in [0.29, 0.717) is 0 Å². The van der Waals surface area contributed by atoms with Gasteiger partial charge in [-0.05, 0) is 26.7 Å². The average molecular weight is 547 g/mol. The summed E-state index contributed by atoms with van der Waals surface area (Å²) in [6.45, 7) is 8.32. The summed E-state index contributed by atoms with van der Waals surface area (Å²) in [4.78, 5) is 10.1. The minimum Gasteiger partial charge on any atom is -0.302 e. The molecule has 4 nitrogen and oxygen atoms in total. The van der Waals surface area contributed by atoms with Crippen molar-refractivity contribution in [2.24, 2.45) is 0 Å². The molecule has 0 aromatic carbocycles. The molecule has 5 heteroatoms. The van der Waals surface area contributed by atoms with E-state index in [0.717, 1.165) is 25.7 Å². The number of unbranched alkanes of at least 4 members (excludes halogenated alkanes) is 22. The van der Waals surface area contributed by atoms with Gasteiger partial charge in [-0.1, -0.05) is 168 Å². The summed E-state index contributed by atoms with van der Waals surface area (Å²) in [6, 6.07) is 0. The van der Waals surface area contributed by atoms with E-state index in [1.807, 2.05) is 13.8 Å². The van der Waals surface area contributed by atoms with Crippen LogP contribution in [0, 0.1) is 0 Å². The molecule has 224 valence electrons. The smallest absolute Gasteiger partial charge is 0.302 e. The van der Waals surface area contributed by atoms with Crippen molar-refractivity contribution in [3.05, 3.63) is 0 Å². The van der Waals surface area contributed by atoms with Gasteiger partial charge in [-0.25, -0.2) is 4.57 Å². The van der Waals surface area contributed by atoms with Gasteiger partial charge in [-0.3, -0.25) is 9.05 Å². The molecule has 0 aliphatic carbocycles. The highest BCUT2D eigenvalue weighted by Gasteiger charge is 2.26. The first-order valence-corrected chi connectivity index (χ1v) is 18.1. The lowest BCUT2D eigenvalue weighted by atomic mass is 10.0. The van der Waals surface area contributed by atoms with Crippen molar-refractivity contribution < 1.29 is 18.5 Å². The number of phosphoric ester groups is 1. The zero-order chi connectivity index (χ0) is 27.5. The highest BCUT2D eigenvalue weighted by molar-refractivity contribution is 7.47. The van der Waals surface area contributed by atoms with Crippen LogP contribution in [-0.2, 0) is 13.6 Å². The van der Waals surface area contributed by atoms with Crippen molar-refractivity contribution in [1.82, 2.24) is 0 Å². The maximum Gasteiger partial charge on any atom is 0.472 e. The molecule has 0 saturated carbocycles. The van der Waals surface area contributed by atoms with Crippen LogP contribution >= 0.6 is 7.82 Å². The molecule has 0 aromatic rings. The number of hydrogen-bond acceptors (Lipinski definition) is 3. The van der Waals surface area contributed by atoms with Crippen LogP contribution in [0.4, 0.5) is 0 Å². The molecule has 0 radical (unpaired) electrons. The maximum absolute atomic E-state index is 12.4. The Kier molecular flexibility index (Phi) is 27.8. The van der Waals surface area contributed by atoms with E-state index >= 15 is 0 Å². The van der Waals surface area contributed by atoms with Gasteiger partial charge in [-0.15, -0.1) is 0 Å². The molecule has 0 spiro atoms. The van der Waals surface area contributed by atoms with Crippen LogP contribution in [0.25, 0.3) is 0 Å². The molecule has 0 amide bonds. The number of rotatable bonds is 30. The van der Waals surface area contributed by atoms with Gasteiger partial charge in [0.25, 0.3) is 0 Å². The predicted molar refractivity (Wildman–Crippen MR) is 162 cm³/mol. The molecule has 37 heavy (non-hydrogen) atoms. The molecule has 1 N–H and O–H groups in total. The summed E-state index contributed by atoms with van der Waals surface area (Å²) < 4.78 is 23.2. The molecule has 0 bridgehead atoms. The lowest BCUT2D eigenvalue weighted by Crippen LogP contribution is -2.12. The van der Waals surface area contributed by atoms with Crippen molar-refractivity contribution in [2.45, 2.75) is 207 Å². The van der Waals surface area contributed by atoms with E-state index in [2.05, 4.69) is 13.8 Å². The van der Waals surface area contributed by atoms with Crippen LogP contribution in [0.3, 0.4) is 0 Å². The summed E-state index contributed by atoms with van der Waals surface area (Å²) >= 11 is 0. The van der Waals surface area contributed by atoms with E-state index in [1.54, 1.807) is 0 Å². The van der Waals surface area contributed by atoms with E-state index in [-0.39, 0.29) is 12.2 Å². The molecule has 0 aliphatic heterocycles. The van der Waals surface area contributed by atoms with Crippen LogP contribution < -0.4 is 0 Å². The third kappa shape index (κ3) is 28.9. The van der Waals surface area contributed by atoms with Crippen molar-refractivity contribution in [3.8, 4) is 0 Å². The lowest BCUT2D eigenvalue weighted by molar-refractivity contribution is 0.0781. The van der Waals surface area contributed by atoms with Gasteiger partial charge in [0.15, 0.2) is 0 Å². The average Bonchev–Trinajstić information content (AvgIpc) is 2.84. The minimum absolute atomic E-state index is 0.238. The van der Waals surface area contributed by atoms with Gasteiger partial charge in [-0.2, -0.15) is 0 Å². The second-order valence-corrected chi connectivity index (χ2v) is 13.0. The molecule has 0 heterocycles. The summed E-state index contributed by atoms with van der Waals surface area (Å²) in [5.41, 5.74) is 0. The zero-order valence-corrected chi connectivity index (χ0v) is 26.6. The van der Waals surface area contributed by atoms with Crippen LogP contribution in [-0.4, -0.2) is 17.1 Å². The Hall–Kier alpha value is 0.110. The Morgan fingerprint density at radius 2 is 0.676 bits per heavy atom. The van der Waals surface area contributed by atoms with Crippen LogP contribution in [0.15, 0.2) is 0 Å². The van der Waals surface area contributed by atoms with Gasteiger partial charge in [0.05, 0.1) is 12.2 Å². The molecule has 0 fully saturated rings. The quantitative estimate of drug-likeness (QED) is 0.0719. The first-order valence-electron chi connectivity index (χ1n) is 16.6. The fraction of sp³-hybridized carbons (Fsp3) is 1.00. The van der Waals surface area contributed by atoms with Crippen LogP contribution in [0.2, 0.25) is 0 Å². The van der Waals surface area contributed by atoms with Crippen molar-refractivity contribution >= 4 is 7.82 Å². The molecule has 0 rings (SSSR count). The van der Waals surface area contributed by atoms with Crippen molar-refractivity contribution in [1.29, 1.82) is 0 Å². The third-order valence-corrected chi connectivity index (χ3v) is 8.81. The molecule has 0 aromatic heterocycles. The standard InChI is InChI=1S/C32H67O4P/c1-5-7-9-11-13-15-17-19-21-23-25-27-29-31(3)35-37(33,34)36-32(4)30-28-26-24-22-20-18-16-14-12-10-8-6-2/h31-32H,5-30H2,1-4H3,(H,33,34). The Morgan fingerprint density at radius 1 is 0.459 bits per heavy atom. The largest absolute Gasteiger partial charge is 0.472 e. The summed E-state index contributed by atoms with van der Waals surface area (Å²) in [5.74, 6) is 0. The molecular weight excluding hydrogens is 479 g/mol. The van der Waals surface area contributed by atoms with Crippen LogP contribution in [0.1, 0.15) is 195 Å². The summed E-state index contributed by atoms with van der Waals surface area (Å²) in [5, 5.41) is 0. The SMILES string of the molecule is CCCCCCCCCCCCCCC(C)OP(=O)(O)OC(C)CCCCCCCCCCCCCC. The Labute approximate surface area is 233 Å². The first kappa shape index (κ1) is 37.1. The van der Waals surface area contributed by atoms with E-state index in [4.69, 9.17) is 9.05 Å². The van der Waals surface area contributed by atoms with E-state index in [9.17, 15) is 9.46 Å². The summed E-state index contributed by atoms with van der Waals surface area (Å²) in [7, 11) is -3.97. The van der Waals surface area contributed by atoms with Crippen molar-refractivity contribution in [2.75, 3.05) is 0 Å². The molecular formula is C32H67O4P. The fourth-order valence-electron chi connectivity index (χ4n) is 5.13. The Bertz CT molecular complexity index is 459. The molecule has 2 atom stereocenters. The second kappa shape index (κ2) is 27.7. The molecule has 0 aliphatic rings. The van der Waals surface area contributed by atoms with Crippen LogP contribution in [0.5, 0.6) is 0 Å². The first-order chi connectivity index (χ1) is 17.9. The van der Waals surface area contributed by atoms with E-state index in [1.165, 1.54) is 141 Å². The topological polar surface area (TPSA) is 55.8 Å². The number of phosphoric acid groups is 1. The monoisotopic (exact) mass is 546 g/mol. The Balaban J connectivity index is 3.57. The van der Waals surface area contributed by atoms with E-state index < -0.39 is 7.82 Å². The highest BCUT2D eigenvalue weighted by atomic mass is 31.2.